The second-order valence-corrected chi connectivity index (χ2v) is 7.36. The number of H-pyrrole nitrogens is 1. The fourth-order valence-corrected chi connectivity index (χ4v) is 3.60. The van der Waals surface area contributed by atoms with Crippen LogP contribution >= 0.6 is 11.3 Å². The van der Waals surface area contributed by atoms with Crippen LogP contribution in [0.4, 0.5) is 5.69 Å². The number of nitrogens with one attached hydrogen (secondary N) is 2. The zero-order valence-electron chi connectivity index (χ0n) is 15.0. The number of carbonyl (C=O) groups is 1. The molecule has 0 aliphatic heterocycles. The van der Waals surface area contributed by atoms with Crippen molar-refractivity contribution >= 4 is 34.0 Å². The Hall–Kier alpha value is -3.26. The van der Waals surface area contributed by atoms with E-state index < -0.39 is 0 Å². The molecule has 1 amide bonds. The summed E-state index contributed by atoms with van der Waals surface area (Å²) in [5.41, 5.74) is 3.64. The summed E-state index contributed by atoms with van der Waals surface area (Å²) < 4.78 is 1.52. The number of hydrogen-bond donors (Lipinski definition) is 2. The van der Waals surface area contributed by atoms with Crippen LogP contribution in [0.3, 0.4) is 0 Å². The number of aryl methyl sites for hydroxylation is 3. The number of aromatic amines is 1. The number of rotatable bonds is 3. The smallest absolute Gasteiger partial charge is 0.274 e. The Balaban J connectivity index is 1.65. The highest BCUT2D eigenvalue weighted by molar-refractivity contribution is 7.09. The third kappa shape index (κ3) is 3.15. The average Bonchev–Trinajstić information content (AvgIpc) is 3.18. The van der Waals surface area contributed by atoms with Crippen LogP contribution in [0.5, 0.6) is 0 Å². The molecule has 0 atom stereocenters. The lowest BCUT2D eigenvalue weighted by Crippen LogP contribution is -2.15. The molecule has 3 aromatic heterocycles. The first-order chi connectivity index (χ1) is 12.9. The van der Waals surface area contributed by atoms with Crippen molar-refractivity contribution < 1.29 is 4.79 Å². The molecule has 136 valence electrons. The third-order valence-corrected chi connectivity index (χ3v) is 5.02. The fourth-order valence-electron chi connectivity index (χ4n) is 2.98. The van der Waals surface area contributed by atoms with Gasteiger partial charge < -0.3 is 5.32 Å². The summed E-state index contributed by atoms with van der Waals surface area (Å²) >= 11 is 1.60. The maximum atomic E-state index is 12.8. The first kappa shape index (κ1) is 17.2. The Kier molecular flexibility index (Phi) is 4.12. The molecular formula is C19H17N5O2S. The van der Waals surface area contributed by atoms with Gasteiger partial charge in [0.15, 0.2) is 5.65 Å². The van der Waals surface area contributed by atoms with E-state index in [2.05, 4.69) is 20.4 Å². The number of aromatic nitrogens is 4. The van der Waals surface area contributed by atoms with Gasteiger partial charge in [0.1, 0.15) is 0 Å². The van der Waals surface area contributed by atoms with E-state index in [1.807, 2.05) is 36.6 Å². The van der Waals surface area contributed by atoms with E-state index in [0.29, 0.717) is 22.6 Å². The molecule has 0 unspecified atom stereocenters. The highest BCUT2D eigenvalue weighted by Crippen LogP contribution is 2.23. The topological polar surface area (TPSA) is 92.7 Å². The van der Waals surface area contributed by atoms with Gasteiger partial charge in [0.2, 0.25) is 0 Å². The Bertz CT molecular complexity index is 1220. The molecule has 0 radical (unpaired) electrons. The monoisotopic (exact) mass is 379 g/mol. The van der Waals surface area contributed by atoms with Gasteiger partial charge in [0, 0.05) is 29.4 Å². The molecular weight excluding hydrogens is 362 g/mol. The van der Waals surface area contributed by atoms with Crippen molar-refractivity contribution in [2.45, 2.75) is 13.8 Å². The summed E-state index contributed by atoms with van der Waals surface area (Å²) in [6.45, 7) is 3.75. The first-order valence-electron chi connectivity index (χ1n) is 8.32. The van der Waals surface area contributed by atoms with Crippen LogP contribution in [-0.2, 0) is 7.05 Å². The normalized spacial score (nSPS) is 11.1. The molecule has 2 N–H and O–H groups in total. The summed E-state index contributed by atoms with van der Waals surface area (Å²) in [4.78, 5) is 33.8. The molecule has 27 heavy (non-hydrogen) atoms. The number of fused-ring (bicyclic) bond motifs is 1. The number of nitrogens with zero attached hydrogens (tertiary/aromatic N) is 3. The highest BCUT2D eigenvalue weighted by atomic mass is 32.1. The Morgan fingerprint density at radius 3 is 2.59 bits per heavy atom. The van der Waals surface area contributed by atoms with E-state index in [1.165, 1.54) is 4.68 Å². The summed E-state index contributed by atoms with van der Waals surface area (Å²) in [5, 5.41) is 8.79. The van der Waals surface area contributed by atoms with E-state index in [-0.39, 0.29) is 16.9 Å². The molecule has 7 nitrogen and oxygen atoms in total. The minimum Gasteiger partial charge on any atom is -0.322 e. The second kappa shape index (κ2) is 6.48. The summed E-state index contributed by atoms with van der Waals surface area (Å²) in [7, 11) is 1.69. The lowest BCUT2D eigenvalue weighted by atomic mass is 10.1. The number of amides is 1. The van der Waals surface area contributed by atoms with Crippen LogP contribution in [0.1, 0.15) is 21.1 Å². The van der Waals surface area contributed by atoms with Gasteiger partial charge in [-0.05, 0) is 32.0 Å². The van der Waals surface area contributed by atoms with Gasteiger partial charge in [-0.1, -0.05) is 12.1 Å². The number of anilines is 1. The van der Waals surface area contributed by atoms with Gasteiger partial charge in [-0.3, -0.25) is 19.4 Å². The molecule has 0 aliphatic carbocycles. The maximum Gasteiger partial charge on any atom is 0.274 e. The van der Waals surface area contributed by atoms with Gasteiger partial charge in [-0.15, -0.1) is 11.3 Å². The third-order valence-electron chi connectivity index (χ3n) is 4.24. The fraction of sp³-hybridized carbons (Fsp3) is 0.158. The lowest BCUT2D eigenvalue weighted by Gasteiger charge is -2.08. The molecule has 4 aromatic rings. The molecule has 0 saturated carbocycles. The maximum absolute atomic E-state index is 12.8. The van der Waals surface area contributed by atoms with Crippen LogP contribution in [0.25, 0.3) is 22.3 Å². The van der Waals surface area contributed by atoms with Crippen molar-refractivity contribution in [1.82, 2.24) is 19.7 Å². The Labute approximate surface area is 158 Å². The molecule has 3 heterocycles. The van der Waals surface area contributed by atoms with Crippen molar-refractivity contribution in [2.75, 3.05) is 5.32 Å². The second-order valence-electron chi connectivity index (χ2n) is 6.29. The molecule has 0 saturated heterocycles. The van der Waals surface area contributed by atoms with Gasteiger partial charge in [-0.2, -0.15) is 0 Å². The van der Waals surface area contributed by atoms with Gasteiger partial charge in [-0.25, -0.2) is 9.97 Å². The largest absolute Gasteiger partial charge is 0.322 e. The molecule has 4 rings (SSSR count). The number of hydrogen-bond acceptors (Lipinski definition) is 5. The zero-order chi connectivity index (χ0) is 19.1. The molecule has 0 spiro atoms. The Morgan fingerprint density at radius 2 is 1.93 bits per heavy atom. The highest BCUT2D eigenvalue weighted by Gasteiger charge is 2.18. The predicted octanol–water partition coefficient (Wildman–Crippen LogP) is 3.25. The zero-order valence-corrected chi connectivity index (χ0v) is 15.8. The number of benzene rings is 1. The number of pyridine rings is 1. The van der Waals surface area contributed by atoms with Crippen molar-refractivity contribution in [1.29, 1.82) is 0 Å². The molecule has 1 aromatic carbocycles. The standard InChI is InChI=1S/C19H17N5O2S/c1-10-8-14(16-17(20-10)24(3)23-19(16)26)18(25)22-13-6-4-12(5-7-13)15-9-27-11(2)21-15/h4-9H,1-3H3,(H,22,25)(H,23,26). The molecule has 0 bridgehead atoms. The van der Waals surface area contributed by atoms with E-state index in [4.69, 9.17) is 0 Å². The van der Waals surface area contributed by atoms with E-state index in [1.54, 1.807) is 31.4 Å². The number of carbonyl (C=O) groups excluding carboxylic acids is 1. The van der Waals surface area contributed by atoms with E-state index in [9.17, 15) is 9.59 Å². The summed E-state index contributed by atoms with van der Waals surface area (Å²) in [5.74, 6) is -0.348. The lowest BCUT2D eigenvalue weighted by molar-refractivity contribution is 0.102. The summed E-state index contributed by atoms with van der Waals surface area (Å²) in [6, 6.07) is 9.09. The van der Waals surface area contributed by atoms with Crippen LogP contribution in [0.2, 0.25) is 0 Å². The number of thiazole rings is 1. The first-order valence-corrected chi connectivity index (χ1v) is 9.20. The van der Waals surface area contributed by atoms with Gasteiger partial charge >= 0.3 is 0 Å². The SMILES string of the molecule is Cc1cc(C(=O)Nc2ccc(-c3csc(C)n3)cc2)c2c(=O)[nH]n(C)c2n1. The Morgan fingerprint density at radius 1 is 1.19 bits per heavy atom. The van der Waals surface area contributed by atoms with Crippen molar-refractivity contribution in [3.63, 3.8) is 0 Å². The van der Waals surface area contributed by atoms with Crippen molar-refractivity contribution in [2.24, 2.45) is 7.05 Å². The van der Waals surface area contributed by atoms with Crippen LogP contribution in [0, 0.1) is 13.8 Å². The minimum absolute atomic E-state index is 0.287. The molecule has 0 aliphatic rings. The summed E-state index contributed by atoms with van der Waals surface area (Å²) in [6.07, 6.45) is 0. The minimum atomic E-state index is -0.348. The van der Waals surface area contributed by atoms with E-state index in [0.717, 1.165) is 16.3 Å². The van der Waals surface area contributed by atoms with Crippen LogP contribution in [-0.4, -0.2) is 25.7 Å². The average molecular weight is 379 g/mol. The van der Waals surface area contributed by atoms with E-state index >= 15 is 0 Å². The molecule has 0 fully saturated rings. The van der Waals surface area contributed by atoms with Gasteiger partial charge in [0.25, 0.3) is 11.5 Å². The van der Waals surface area contributed by atoms with Crippen LogP contribution < -0.4 is 10.9 Å². The predicted molar refractivity (Wildman–Crippen MR) is 106 cm³/mol. The van der Waals surface area contributed by atoms with Crippen LogP contribution in [0.15, 0.2) is 40.5 Å². The van der Waals surface area contributed by atoms with Crippen molar-refractivity contribution in [3.05, 3.63) is 62.3 Å². The molecule has 8 heteroatoms. The van der Waals surface area contributed by atoms with Crippen molar-refractivity contribution in [3.8, 4) is 11.3 Å². The quantitative estimate of drug-likeness (QED) is 0.571. The van der Waals surface area contributed by atoms with Gasteiger partial charge in [0.05, 0.1) is 21.7 Å².